The maximum Gasteiger partial charge on any atom is 0.283 e. The highest BCUT2D eigenvalue weighted by atomic mass is 16.6. The SMILES string of the molecule is CC(=O)c1c(N)cc(C#N)cc1[N+](=O)[O-]. The summed E-state index contributed by atoms with van der Waals surface area (Å²) in [6, 6.07) is 4.01. The second kappa shape index (κ2) is 3.75. The van der Waals surface area contributed by atoms with Crippen molar-refractivity contribution in [3.05, 3.63) is 33.4 Å². The first kappa shape index (κ1) is 10.7. The van der Waals surface area contributed by atoms with E-state index >= 15 is 0 Å². The number of ketones is 1. The van der Waals surface area contributed by atoms with Gasteiger partial charge in [0.2, 0.25) is 0 Å². The van der Waals surface area contributed by atoms with E-state index in [-0.39, 0.29) is 16.8 Å². The lowest BCUT2D eigenvalue weighted by atomic mass is 10.0. The molecule has 0 saturated heterocycles. The minimum absolute atomic E-state index is 0.0479. The molecule has 1 aromatic rings. The minimum Gasteiger partial charge on any atom is -0.398 e. The van der Waals surface area contributed by atoms with Crippen LogP contribution in [0.2, 0.25) is 0 Å². The summed E-state index contributed by atoms with van der Waals surface area (Å²) in [5, 5.41) is 19.2. The molecule has 1 aromatic carbocycles. The van der Waals surface area contributed by atoms with Crippen LogP contribution in [0.4, 0.5) is 11.4 Å². The molecule has 6 nitrogen and oxygen atoms in total. The molecule has 1 rings (SSSR count). The van der Waals surface area contributed by atoms with Crippen molar-refractivity contribution in [1.29, 1.82) is 5.26 Å². The number of anilines is 1. The molecule has 0 aromatic heterocycles. The molecule has 0 aliphatic heterocycles. The number of hydrogen-bond acceptors (Lipinski definition) is 5. The number of nitrogens with zero attached hydrogens (tertiary/aromatic N) is 2. The number of nitrogens with two attached hydrogens (primary N) is 1. The molecule has 0 radical (unpaired) electrons. The van der Waals surface area contributed by atoms with E-state index < -0.39 is 16.4 Å². The zero-order valence-corrected chi connectivity index (χ0v) is 7.85. The van der Waals surface area contributed by atoms with Crippen LogP contribution in [0.1, 0.15) is 22.8 Å². The Morgan fingerprint density at radius 3 is 2.60 bits per heavy atom. The van der Waals surface area contributed by atoms with Crippen molar-refractivity contribution in [1.82, 2.24) is 0 Å². The molecule has 2 N–H and O–H groups in total. The Hall–Kier alpha value is -2.42. The van der Waals surface area contributed by atoms with Crippen molar-refractivity contribution in [2.45, 2.75) is 6.92 Å². The number of Topliss-reactive ketones (excluding diaryl/α,β-unsaturated/α-hetero) is 1. The number of nitro benzene ring substituents is 1. The maximum absolute atomic E-state index is 11.1. The highest BCUT2D eigenvalue weighted by Crippen LogP contribution is 2.26. The smallest absolute Gasteiger partial charge is 0.283 e. The minimum atomic E-state index is -0.728. The number of nitro groups is 1. The molecule has 0 spiro atoms. The van der Waals surface area contributed by atoms with E-state index in [0.717, 1.165) is 6.07 Å². The molecule has 0 aliphatic rings. The number of nitrogen functional groups attached to an aromatic ring is 1. The third kappa shape index (κ3) is 1.91. The summed E-state index contributed by atoms with van der Waals surface area (Å²) in [7, 11) is 0. The summed E-state index contributed by atoms with van der Waals surface area (Å²) in [5.74, 6) is -0.497. The van der Waals surface area contributed by atoms with Gasteiger partial charge in [-0.2, -0.15) is 5.26 Å². The van der Waals surface area contributed by atoms with Gasteiger partial charge in [0, 0.05) is 6.07 Å². The highest BCUT2D eigenvalue weighted by Gasteiger charge is 2.21. The average Bonchev–Trinajstić information content (AvgIpc) is 2.15. The lowest BCUT2D eigenvalue weighted by Crippen LogP contribution is -2.05. The Kier molecular flexibility index (Phi) is 2.67. The molecule has 0 bridgehead atoms. The van der Waals surface area contributed by atoms with Crippen LogP contribution in [0, 0.1) is 21.4 Å². The van der Waals surface area contributed by atoms with E-state index in [1.165, 1.54) is 13.0 Å². The van der Waals surface area contributed by atoms with Gasteiger partial charge in [-0.15, -0.1) is 0 Å². The van der Waals surface area contributed by atoms with Gasteiger partial charge < -0.3 is 5.73 Å². The van der Waals surface area contributed by atoms with Crippen molar-refractivity contribution in [2.24, 2.45) is 0 Å². The Balaban J connectivity index is 3.58. The molecular weight excluding hydrogens is 198 g/mol. The van der Waals surface area contributed by atoms with Crippen LogP contribution in [0.15, 0.2) is 12.1 Å². The van der Waals surface area contributed by atoms with Crippen LogP contribution in [-0.2, 0) is 0 Å². The van der Waals surface area contributed by atoms with E-state index in [2.05, 4.69) is 0 Å². The quantitative estimate of drug-likeness (QED) is 0.338. The predicted octanol–water partition coefficient (Wildman–Crippen LogP) is 1.25. The molecule has 0 atom stereocenters. The lowest BCUT2D eigenvalue weighted by Gasteiger charge is -2.03. The molecule has 0 aliphatic carbocycles. The van der Waals surface area contributed by atoms with Crippen LogP contribution in [-0.4, -0.2) is 10.7 Å². The molecular formula is C9H7N3O3. The molecule has 6 heteroatoms. The number of nitriles is 1. The van der Waals surface area contributed by atoms with Gasteiger partial charge in [-0.3, -0.25) is 14.9 Å². The first-order valence-electron chi connectivity index (χ1n) is 3.96. The van der Waals surface area contributed by atoms with Gasteiger partial charge in [-0.05, 0) is 13.0 Å². The summed E-state index contributed by atoms with van der Waals surface area (Å²) in [6.07, 6.45) is 0. The van der Waals surface area contributed by atoms with E-state index in [0.29, 0.717) is 0 Å². The number of carbonyl (C=O) groups is 1. The van der Waals surface area contributed by atoms with E-state index in [1.807, 2.05) is 0 Å². The van der Waals surface area contributed by atoms with Crippen LogP contribution in [0.25, 0.3) is 0 Å². The van der Waals surface area contributed by atoms with Gasteiger partial charge in [0.05, 0.1) is 22.2 Å². The normalized spacial score (nSPS) is 9.33. The van der Waals surface area contributed by atoms with Gasteiger partial charge in [0.25, 0.3) is 5.69 Å². The molecule has 15 heavy (non-hydrogen) atoms. The van der Waals surface area contributed by atoms with Gasteiger partial charge in [0.15, 0.2) is 5.78 Å². The maximum atomic E-state index is 11.1. The molecule has 0 fully saturated rings. The summed E-state index contributed by atoms with van der Waals surface area (Å²) in [6.45, 7) is 1.19. The monoisotopic (exact) mass is 205 g/mol. The third-order valence-electron chi connectivity index (χ3n) is 1.83. The fourth-order valence-corrected chi connectivity index (χ4v) is 1.24. The molecule has 76 valence electrons. The van der Waals surface area contributed by atoms with Crippen molar-refractivity contribution in [3.63, 3.8) is 0 Å². The Bertz CT molecular complexity index is 488. The summed E-state index contributed by atoms with van der Waals surface area (Å²) >= 11 is 0. The van der Waals surface area contributed by atoms with Crippen molar-refractivity contribution in [2.75, 3.05) is 5.73 Å². The van der Waals surface area contributed by atoms with Crippen LogP contribution < -0.4 is 5.73 Å². The van der Waals surface area contributed by atoms with Gasteiger partial charge >= 0.3 is 0 Å². The largest absolute Gasteiger partial charge is 0.398 e. The topological polar surface area (TPSA) is 110 Å². The second-order valence-corrected chi connectivity index (χ2v) is 2.88. The van der Waals surface area contributed by atoms with Gasteiger partial charge in [-0.1, -0.05) is 0 Å². The number of benzene rings is 1. The fraction of sp³-hybridized carbons (Fsp3) is 0.111. The van der Waals surface area contributed by atoms with Crippen molar-refractivity contribution in [3.8, 4) is 6.07 Å². The zero-order valence-electron chi connectivity index (χ0n) is 7.85. The number of hydrogen-bond donors (Lipinski definition) is 1. The van der Waals surface area contributed by atoms with Crippen molar-refractivity contribution >= 4 is 17.2 Å². The summed E-state index contributed by atoms with van der Waals surface area (Å²) < 4.78 is 0. The van der Waals surface area contributed by atoms with Crippen molar-refractivity contribution < 1.29 is 9.72 Å². The highest BCUT2D eigenvalue weighted by molar-refractivity contribution is 6.03. The summed E-state index contributed by atoms with van der Waals surface area (Å²) in [5.41, 5.74) is 4.89. The van der Waals surface area contributed by atoms with E-state index in [9.17, 15) is 14.9 Å². The molecule has 0 unspecified atom stereocenters. The van der Waals surface area contributed by atoms with Gasteiger partial charge in [-0.25, -0.2) is 0 Å². The van der Waals surface area contributed by atoms with Gasteiger partial charge in [0.1, 0.15) is 5.56 Å². The van der Waals surface area contributed by atoms with Crippen LogP contribution in [0.3, 0.4) is 0 Å². The Morgan fingerprint density at radius 2 is 2.20 bits per heavy atom. The summed E-state index contributed by atoms with van der Waals surface area (Å²) in [4.78, 5) is 21.0. The van der Waals surface area contributed by atoms with E-state index in [1.54, 1.807) is 6.07 Å². The lowest BCUT2D eigenvalue weighted by molar-refractivity contribution is -0.385. The zero-order chi connectivity index (χ0) is 11.6. The van der Waals surface area contributed by atoms with Crippen LogP contribution in [0.5, 0.6) is 0 Å². The first-order valence-corrected chi connectivity index (χ1v) is 3.96. The van der Waals surface area contributed by atoms with E-state index in [4.69, 9.17) is 11.0 Å². The molecule has 0 heterocycles. The first-order chi connectivity index (χ1) is 6.97. The predicted molar refractivity (Wildman–Crippen MR) is 52.2 cm³/mol. The standard InChI is InChI=1S/C9H7N3O3/c1-5(13)9-7(11)2-6(4-10)3-8(9)12(14)15/h2-3H,11H2,1H3. The number of carbonyl (C=O) groups excluding carboxylic acids is 1. The third-order valence-corrected chi connectivity index (χ3v) is 1.83. The molecule has 0 saturated carbocycles. The fourth-order valence-electron chi connectivity index (χ4n) is 1.24. The number of rotatable bonds is 2. The second-order valence-electron chi connectivity index (χ2n) is 2.88. The molecule has 0 amide bonds. The Labute approximate surface area is 85.1 Å². The Morgan fingerprint density at radius 1 is 1.60 bits per heavy atom. The average molecular weight is 205 g/mol. The van der Waals surface area contributed by atoms with Crippen LogP contribution >= 0.6 is 0 Å².